The van der Waals surface area contributed by atoms with Gasteiger partial charge in [-0.3, -0.25) is 5.73 Å². The number of hydrogen-bond acceptors (Lipinski definition) is 6. The lowest BCUT2D eigenvalue weighted by Crippen LogP contribution is -2.61. The Kier molecular flexibility index (Phi) is 8.33. The Balaban J connectivity index is 1.83. The second kappa shape index (κ2) is 11.2. The summed E-state index contributed by atoms with van der Waals surface area (Å²) < 4.78 is 16.7. The lowest BCUT2D eigenvalue weighted by molar-refractivity contribution is -0.0769. The molecule has 0 aliphatic rings. The van der Waals surface area contributed by atoms with E-state index in [1.165, 1.54) is 0 Å². The molecule has 3 unspecified atom stereocenters. The largest absolute Gasteiger partial charge is 0.497 e. The minimum absolute atomic E-state index is 0.0979. The second-order valence-corrected chi connectivity index (χ2v) is 8.23. The first-order valence-electron chi connectivity index (χ1n) is 11.1. The van der Waals surface area contributed by atoms with Crippen LogP contribution in [0.25, 0.3) is 0 Å². The molecule has 0 bridgehead atoms. The van der Waals surface area contributed by atoms with Crippen LogP contribution in [0.3, 0.4) is 0 Å². The summed E-state index contributed by atoms with van der Waals surface area (Å²) in [5.74, 6) is 2.00. The molecule has 33 heavy (non-hydrogen) atoms. The van der Waals surface area contributed by atoms with Crippen molar-refractivity contribution in [2.45, 2.75) is 31.7 Å². The number of aliphatic hydroxyl groups excluding tert-OH is 1. The molecule has 3 atom stereocenters. The van der Waals surface area contributed by atoms with Crippen molar-refractivity contribution in [3.8, 4) is 17.2 Å². The maximum Gasteiger partial charge on any atom is 0.187 e. The highest BCUT2D eigenvalue weighted by Crippen LogP contribution is 2.28. The third kappa shape index (κ3) is 6.05. The molecule has 176 valence electrons. The van der Waals surface area contributed by atoms with E-state index in [4.69, 9.17) is 19.9 Å². The predicted octanol–water partition coefficient (Wildman–Crippen LogP) is 4.13. The number of benzene rings is 3. The Morgan fingerprint density at radius 3 is 1.70 bits per heavy atom. The van der Waals surface area contributed by atoms with Gasteiger partial charge in [0.05, 0.1) is 20.3 Å². The molecule has 3 aromatic rings. The van der Waals surface area contributed by atoms with Gasteiger partial charge in [0.2, 0.25) is 0 Å². The van der Waals surface area contributed by atoms with E-state index in [-0.39, 0.29) is 12.0 Å². The van der Waals surface area contributed by atoms with E-state index in [1.807, 2.05) is 85.8 Å². The average molecular weight is 451 g/mol. The van der Waals surface area contributed by atoms with Gasteiger partial charge in [-0.15, -0.1) is 0 Å². The number of ether oxygens (including phenoxy) is 3. The van der Waals surface area contributed by atoms with Crippen LogP contribution < -0.4 is 25.3 Å². The van der Waals surface area contributed by atoms with E-state index in [0.717, 1.165) is 22.6 Å². The lowest BCUT2D eigenvalue weighted by atomic mass is 9.91. The highest BCUT2D eigenvalue weighted by Gasteiger charge is 2.39. The fraction of sp³-hybridized carbons (Fsp3) is 0.333. The molecule has 0 aromatic heterocycles. The molecule has 0 amide bonds. The molecule has 0 saturated heterocycles. The fourth-order valence-electron chi connectivity index (χ4n) is 3.77. The van der Waals surface area contributed by atoms with Gasteiger partial charge in [-0.2, -0.15) is 0 Å². The Morgan fingerprint density at radius 2 is 1.27 bits per heavy atom. The fourth-order valence-corrected chi connectivity index (χ4v) is 3.77. The zero-order valence-electron chi connectivity index (χ0n) is 19.7. The van der Waals surface area contributed by atoms with Crippen molar-refractivity contribution in [1.82, 2.24) is 5.32 Å². The molecule has 3 aromatic carbocycles. The van der Waals surface area contributed by atoms with Crippen molar-refractivity contribution in [3.63, 3.8) is 0 Å². The van der Waals surface area contributed by atoms with Gasteiger partial charge in [0, 0.05) is 12.5 Å². The first-order chi connectivity index (χ1) is 15.9. The number of nitrogens with one attached hydrogen (secondary N) is 1. The van der Waals surface area contributed by atoms with Gasteiger partial charge in [0.15, 0.2) is 5.72 Å². The molecule has 3 rings (SSSR count). The molecule has 0 saturated carbocycles. The number of aliphatic hydroxyl groups is 1. The molecular formula is C27H34N2O4. The maximum absolute atomic E-state index is 10.5. The van der Waals surface area contributed by atoms with Gasteiger partial charge < -0.3 is 24.6 Å². The van der Waals surface area contributed by atoms with Crippen LogP contribution in [-0.2, 0) is 0 Å². The summed E-state index contributed by atoms with van der Waals surface area (Å²) in [5.41, 5.74) is 7.51. The minimum Gasteiger partial charge on any atom is -0.497 e. The molecule has 6 nitrogen and oxygen atoms in total. The van der Waals surface area contributed by atoms with Crippen molar-refractivity contribution in [2.24, 2.45) is 11.7 Å². The minimum atomic E-state index is -1.27. The van der Waals surface area contributed by atoms with Crippen LogP contribution >= 0.6 is 0 Å². The zero-order valence-corrected chi connectivity index (χ0v) is 19.7. The Morgan fingerprint density at radius 1 is 0.788 bits per heavy atom. The van der Waals surface area contributed by atoms with Crippen molar-refractivity contribution >= 4 is 0 Å². The van der Waals surface area contributed by atoms with Crippen LogP contribution in [0.1, 0.15) is 31.0 Å². The summed E-state index contributed by atoms with van der Waals surface area (Å²) in [6.07, 6.45) is -0.880. The van der Waals surface area contributed by atoms with Crippen LogP contribution in [0, 0.1) is 5.92 Å². The summed E-state index contributed by atoms with van der Waals surface area (Å²) in [5, 5.41) is 14.1. The van der Waals surface area contributed by atoms with E-state index in [9.17, 15) is 5.11 Å². The highest BCUT2D eigenvalue weighted by molar-refractivity contribution is 5.38. The number of rotatable bonds is 11. The molecule has 6 heteroatoms. The quantitative estimate of drug-likeness (QED) is 0.381. The lowest BCUT2D eigenvalue weighted by Gasteiger charge is -2.39. The molecule has 0 spiro atoms. The first kappa shape index (κ1) is 24.6. The zero-order chi connectivity index (χ0) is 23.8. The monoisotopic (exact) mass is 450 g/mol. The summed E-state index contributed by atoms with van der Waals surface area (Å²) >= 11 is 0. The molecule has 0 heterocycles. The third-order valence-electron chi connectivity index (χ3n) is 5.99. The topological polar surface area (TPSA) is 86.0 Å². The van der Waals surface area contributed by atoms with Gasteiger partial charge >= 0.3 is 0 Å². The van der Waals surface area contributed by atoms with Crippen LogP contribution in [0.4, 0.5) is 0 Å². The molecular weight excluding hydrogens is 416 g/mol. The van der Waals surface area contributed by atoms with Crippen molar-refractivity contribution in [3.05, 3.63) is 90.0 Å². The van der Waals surface area contributed by atoms with E-state index in [2.05, 4.69) is 5.32 Å². The molecule has 0 radical (unpaired) electrons. The van der Waals surface area contributed by atoms with Gasteiger partial charge in [-0.1, -0.05) is 49.4 Å². The summed E-state index contributed by atoms with van der Waals surface area (Å²) in [6, 6.07) is 25.2. The van der Waals surface area contributed by atoms with Crippen LogP contribution in [0.2, 0.25) is 0 Å². The van der Waals surface area contributed by atoms with Gasteiger partial charge in [0.25, 0.3) is 0 Å². The average Bonchev–Trinajstić information content (AvgIpc) is 2.85. The van der Waals surface area contributed by atoms with Crippen LogP contribution in [-0.4, -0.2) is 37.7 Å². The Labute approximate surface area is 196 Å². The predicted molar refractivity (Wildman–Crippen MR) is 131 cm³/mol. The highest BCUT2D eigenvalue weighted by atomic mass is 16.5. The number of para-hydroxylation sites is 1. The summed E-state index contributed by atoms with van der Waals surface area (Å²) in [6.45, 7) is 4.14. The van der Waals surface area contributed by atoms with Crippen LogP contribution in [0.5, 0.6) is 17.2 Å². The SMILES string of the molecule is COc1ccc(C(NCC(C)C(N)(Oc2ccccc2)C(C)O)c2ccc(OC)cc2)cc1. The molecule has 0 aliphatic heterocycles. The number of hydrogen-bond donors (Lipinski definition) is 3. The molecule has 0 fully saturated rings. The van der Waals surface area contributed by atoms with Crippen molar-refractivity contribution < 1.29 is 19.3 Å². The third-order valence-corrected chi connectivity index (χ3v) is 5.99. The standard InChI is InChI=1S/C27H34N2O4/c1-19(27(28,20(2)30)33-25-8-6-5-7-9-25)18-29-26(21-10-14-23(31-3)15-11-21)22-12-16-24(32-4)17-13-22/h5-17,19-20,26,29-30H,18,28H2,1-4H3. The van der Waals surface area contributed by atoms with Crippen molar-refractivity contribution in [1.29, 1.82) is 0 Å². The van der Waals surface area contributed by atoms with E-state index in [1.54, 1.807) is 21.1 Å². The van der Waals surface area contributed by atoms with Gasteiger partial charge in [-0.05, 0) is 54.4 Å². The smallest absolute Gasteiger partial charge is 0.187 e. The summed E-state index contributed by atoms with van der Waals surface area (Å²) in [7, 11) is 3.30. The second-order valence-electron chi connectivity index (χ2n) is 8.23. The van der Waals surface area contributed by atoms with Gasteiger partial charge in [-0.25, -0.2) is 0 Å². The Hall–Kier alpha value is -3.06. The molecule has 4 N–H and O–H groups in total. The summed E-state index contributed by atoms with van der Waals surface area (Å²) in [4.78, 5) is 0. The first-order valence-corrected chi connectivity index (χ1v) is 11.1. The van der Waals surface area contributed by atoms with E-state index < -0.39 is 11.8 Å². The molecule has 0 aliphatic carbocycles. The number of nitrogens with two attached hydrogens (primary N) is 1. The van der Waals surface area contributed by atoms with Gasteiger partial charge in [0.1, 0.15) is 23.4 Å². The van der Waals surface area contributed by atoms with E-state index >= 15 is 0 Å². The number of methoxy groups -OCH3 is 2. The maximum atomic E-state index is 10.5. The van der Waals surface area contributed by atoms with Crippen LogP contribution in [0.15, 0.2) is 78.9 Å². The van der Waals surface area contributed by atoms with E-state index in [0.29, 0.717) is 12.3 Å². The van der Waals surface area contributed by atoms with Crippen molar-refractivity contribution in [2.75, 3.05) is 20.8 Å². The Bertz CT molecular complexity index is 930. The normalized spacial score (nSPS) is 14.9.